The molecule has 0 bridgehead atoms. The maximum atomic E-state index is 10.8. The van der Waals surface area contributed by atoms with Crippen molar-refractivity contribution in [2.24, 2.45) is 0 Å². The second-order valence-electron chi connectivity index (χ2n) is 4.35. The van der Waals surface area contributed by atoms with E-state index in [2.05, 4.69) is 6.07 Å². The van der Waals surface area contributed by atoms with Gasteiger partial charge in [0, 0.05) is 20.2 Å². The van der Waals surface area contributed by atoms with Crippen LogP contribution in [0.15, 0.2) is 18.2 Å². The average Bonchev–Trinajstić information content (AvgIpc) is 2.37. The number of benzene rings is 1. The molecule has 0 aliphatic carbocycles. The molecular weight excluding hydrogens is 244 g/mol. The molecule has 0 saturated carbocycles. The van der Waals surface area contributed by atoms with E-state index in [9.17, 15) is 4.79 Å². The van der Waals surface area contributed by atoms with Crippen molar-refractivity contribution in [1.82, 2.24) is 4.90 Å². The first kappa shape index (κ1) is 15.2. The van der Waals surface area contributed by atoms with Gasteiger partial charge in [-0.1, -0.05) is 6.07 Å². The summed E-state index contributed by atoms with van der Waals surface area (Å²) >= 11 is 0. The number of aryl methyl sites for hydroxylation is 1. The van der Waals surface area contributed by atoms with Gasteiger partial charge in [0.1, 0.15) is 0 Å². The van der Waals surface area contributed by atoms with Gasteiger partial charge >= 0.3 is 5.97 Å². The predicted molar refractivity (Wildman–Crippen MR) is 70.7 cm³/mol. The van der Waals surface area contributed by atoms with Crippen molar-refractivity contribution in [3.8, 4) is 6.07 Å². The normalized spacial score (nSPS) is 10.4. The van der Waals surface area contributed by atoms with Crippen LogP contribution in [0.3, 0.4) is 0 Å². The summed E-state index contributed by atoms with van der Waals surface area (Å²) in [5.41, 5.74) is 2.63. The van der Waals surface area contributed by atoms with E-state index in [1.165, 1.54) is 0 Å². The number of nitriles is 1. The van der Waals surface area contributed by atoms with Crippen LogP contribution in [0.2, 0.25) is 0 Å². The second kappa shape index (κ2) is 7.52. The zero-order chi connectivity index (χ0) is 14.3. The number of hydrogen-bond acceptors (Lipinski definition) is 4. The molecule has 0 spiro atoms. The molecule has 5 nitrogen and oxygen atoms in total. The molecule has 0 radical (unpaired) electrons. The summed E-state index contributed by atoms with van der Waals surface area (Å²) in [7, 11) is 1.59. The van der Waals surface area contributed by atoms with E-state index >= 15 is 0 Å². The molecule has 0 aromatic heterocycles. The number of aliphatic carboxylic acids is 1. The first-order valence-corrected chi connectivity index (χ1v) is 5.99. The quantitative estimate of drug-likeness (QED) is 0.804. The summed E-state index contributed by atoms with van der Waals surface area (Å²) in [6.45, 7) is 3.48. The van der Waals surface area contributed by atoms with Gasteiger partial charge in [0.05, 0.1) is 24.8 Å². The summed E-state index contributed by atoms with van der Waals surface area (Å²) < 4.78 is 4.98. The number of carboxylic acids is 1. The highest BCUT2D eigenvalue weighted by Crippen LogP contribution is 2.13. The average molecular weight is 262 g/mol. The smallest absolute Gasteiger partial charge is 0.317 e. The minimum Gasteiger partial charge on any atom is -0.480 e. The molecule has 0 fully saturated rings. The molecule has 1 N–H and O–H groups in total. The van der Waals surface area contributed by atoms with E-state index in [4.69, 9.17) is 15.1 Å². The molecule has 0 aliphatic heterocycles. The highest BCUT2D eigenvalue weighted by molar-refractivity contribution is 5.69. The van der Waals surface area contributed by atoms with Gasteiger partial charge in [-0.05, 0) is 30.2 Å². The fraction of sp³-hybridized carbons (Fsp3) is 0.429. The lowest BCUT2D eigenvalue weighted by Crippen LogP contribution is -2.32. The van der Waals surface area contributed by atoms with Crippen molar-refractivity contribution in [2.45, 2.75) is 13.5 Å². The Morgan fingerprint density at radius 3 is 2.79 bits per heavy atom. The molecule has 0 unspecified atom stereocenters. The van der Waals surface area contributed by atoms with Gasteiger partial charge in [0.2, 0.25) is 0 Å². The van der Waals surface area contributed by atoms with Crippen LogP contribution in [0.4, 0.5) is 0 Å². The lowest BCUT2D eigenvalue weighted by Gasteiger charge is -2.21. The minimum absolute atomic E-state index is 0.0250. The van der Waals surface area contributed by atoms with Crippen molar-refractivity contribution in [1.29, 1.82) is 5.26 Å². The lowest BCUT2D eigenvalue weighted by atomic mass is 10.1. The zero-order valence-corrected chi connectivity index (χ0v) is 11.2. The van der Waals surface area contributed by atoms with E-state index in [1.54, 1.807) is 18.1 Å². The van der Waals surface area contributed by atoms with Crippen molar-refractivity contribution >= 4 is 5.97 Å². The molecule has 1 rings (SSSR count). The molecular formula is C14H18N2O3. The molecule has 0 amide bonds. The maximum Gasteiger partial charge on any atom is 0.317 e. The Morgan fingerprint density at radius 1 is 1.53 bits per heavy atom. The number of methoxy groups -OCH3 is 1. The lowest BCUT2D eigenvalue weighted by molar-refractivity contribution is -0.138. The van der Waals surface area contributed by atoms with E-state index in [0.29, 0.717) is 25.3 Å². The van der Waals surface area contributed by atoms with Crippen molar-refractivity contribution < 1.29 is 14.6 Å². The molecule has 1 aromatic carbocycles. The maximum absolute atomic E-state index is 10.8. The summed E-state index contributed by atoms with van der Waals surface area (Å²) in [5, 5.41) is 17.7. The zero-order valence-electron chi connectivity index (χ0n) is 11.2. The molecule has 0 saturated heterocycles. The van der Waals surface area contributed by atoms with Crippen LogP contribution >= 0.6 is 0 Å². The minimum atomic E-state index is -0.859. The van der Waals surface area contributed by atoms with Crippen molar-refractivity contribution in [3.05, 3.63) is 34.9 Å². The highest BCUT2D eigenvalue weighted by Gasteiger charge is 2.11. The van der Waals surface area contributed by atoms with Gasteiger partial charge < -0.3 is 9.84 Å². The summed E-state index contributed by atoms with van der Waals surface area (Å²) in [6.07, 6.45) is 0. The largest absolute Gasteiger partial charge is 0.480 e. The van der Waals surface area contributed by atoms with Crippen LogP contribution in [0.5, 0.6) is 0 Å². The molecule has 19 heavy (non-hydrogen) atoms. The van der Waals surface area contributed by atoms with Crippen LogP contribution in [-0.2, 0) is 16.1 Å². The third-order valence-corrected chi connectivity index (χ3v) is 2.84. The van der Waals surface area contributed by atoms with E-state index < -0.39 is 5.97 Å². The fourth-order valence-corrected chi connectivity index (χ4v) is 1.81. The predicted octanol–water partition coefficient (Wildman–Crippen LogP) is 1.40. The molecule has 5 heteroatoms. The summed E-state index contributed by atoms with van der Waals surface area (Å²) in [5.74, 6) is -0.859. The van der Waals surface area contributed by atoms with E-state index in [1.807, 2.05) is 19.1 Å². The fourth-order valence-electron chi connectivity index (χ4n) is 1.81. The molecule has 1 aromatic rings. The van der Waals surface area contributed by atoms with Gasteiger partial charge in [-0.3, -0.25) is 9.69 Å². The van der Waals surface area contributed by atoms with Crippen molar-refractivity contribution in [3.63, 3.8) is 0 Å². The van der Waals surface area contributed by atoms with Crippen LogP contribution in [0.1, 0.15) is 16.7 Å². The summed E-state index contributed by atoms with van der Waals surface area (Å²) in [6, 6.07) is 7.52. The number of rotatable bonds is 7. The van der Waals surface area contributed by atoms with Gasteiger partial charge in [0.25, 0.3) is 0 Å². The molecule has 0 aliphatic rings. The molecule has 102 valence electrons. The number of carboxylic acid groups (broad SMARTS) is 1. The monoisotopic (exact) mass is 262 g/mol. The van der Waals surface area contributed by atoms with E-state index in [-0.39, 0.29) is 6.54 Å². The number of ether oxygens (including phenoxy) is 1. The van der Waals surface area contributed by atoms with Crippen LogP contribution in [0, 0.1) is 18.3 Å². The van der Waals surface area contributed by atoms with Gasteiger partial charge in [-0.15, -0.1) is 0 Å². The number of nitrogens with zero attached hydrogens (tertiary/aromatic N) is 2. The second-order valence-corrected chi connectivity index (χ2v) is 4.35. The van der Waals surface area contributed by atoms with Crippen molar-refractivity contribution in [2.75, 3.05) is 26.8 Å². The Bertz CT molecular complexity index is 480. The topological polar surface area (TPSA) is 73.6 Å². The number of carbonyl (C=O) groups is 1. The van der Waals surface area contributed by atoms with Crippen LogP contribution in [0.25, 0.3) is 0 Å². The van der Waals surface area contributed by atoms with E-state index in [0.717, 1.165) is 11.1 Å². The Balaban J connectivity index is 2.77. The first-order chi connectivity index (χ1) is 9.06. The summed E-state index contributed by atoms with van der Waals surface area (Å²) in [4.78, 5) is 12.6. The molecule has 0 atom stereocenters. The Labute approximate surface area is 113 Å². The Morgan fingerprint density at radius 2 is 2.26 bits per heavy atom. The van der Waals surface area contributed by atoms with Crippen LogP contribution < -0.4 is 0 Å². The Kier molecular flexibility index (Phi) is 6.00. The Hall–Kier alpha value is -1.90. The third kappa shape index (κ3) is 5.08. The standard InChI is InChI=1S/C14H18N2O3/c1-11-7-12(8-15)3-4-13(11)9-16(5-6-19-2)10-14(17)18/h3-4,7H,5-6,9-10H2,1-2H3,(H,17,18). The van der Waals surface area contributed by atoms with Gasteiger partial charge in [0.15, 0.2) is 0 Å². The SMILES string of the molecule is COCCN(CC(=O)O)Cc1ccc(C#N)cc1C. The van der Waals surface area contributed by atoms with Gasteiger partial charge in [-0.25, -0.2) is 0 Å². The third-order valence-electron chi connectivity index (χ3n) is 2.84. The number of hydrogen-bond donors (Lipinski definition) is 1. The first-order valence-electron chi connectivity index (χ1n) is 5.99. The highest BCUT2D eigenvalue weighted by atomic mass is 16.5. The van der Waals surface area contributed by atoms with Crippen LogP contribution in [-0.4, -0.2) is 42.8 Å². The molecule has 0 heterocycles. The van der Waals surface area contributed by atoms with Gasteiger partial charge in [-0.2, -0.15) is 5.26 Å².